The van der Waals surface area contributed by atoms with Crippen molar-refractivity contribution in [2.45, 2.75) is 37.8 Å². The molecule has 1 aliphatic carbocycles. The first kappa shape index (κ1) is 19.5. The number of pyridine rings is 2. The van der Waals surface area contributed by atoms with Crippen LogP contribution in [0, 0.1) is 5.82 Å². The Morgan fingerprint density at radius 2 is 1.82 bits per heavy atom. The number of anilines is 3. The van der Waals surface area contributed by atoms with Crippen LogP contribution in [0.25, 0.3) is 0 Å². The molecule has 1 unspecified atom stereocenters. The smallest absolute Gasteiger partial charge is 0.252 e. The average Bonchev–Trinajstić information content (AvgIpc) is 2.66. The summed E-state index contributed by atoms with van der Waals surface area (Å²) >= 11 is 0. The molecule has 2 amide bonds. The molecule has 2 heterocycles. The number of primary amides is 2. The van der Waals surface area contributed by atoms with Crippen LogP contribution in [-0.4, -0.2) is 33.9 Å². The molecule has 148 valence electrons. The minimum absolute atomic E-state index is 0.0317. The highest BCUT2D eigenvalue weighted by Gasteiger charge is 2.24. The van der Waals surface area contributed by atoms with Crippen LogP contribution in [0.15, 0.2) is 24.5 Å². The van der Waals surface area contributed by atoms with Crippen molar-refractivity contribution >= 4 is 29.1 Å². The highest BCUT2D eigenvalue weighted by atomic mass is 19.1. The molecule has 0 saturated heterocycles. The molecule has 2 aromatic rings. The molecule has 2 atom stereocenters. The monoisotopic (exact) mass is 387 g/mol. The van der Waals surface area contributed by atoms with E-state index in [0.29, 0.717) is 5.69 Å². The first-order chi connectivity index (χ1) is 13.3. The molecule has 1 aliphatic rings. The third-order valence-electron chi connectivity index (χ3n) is 4.67. The number of amides is 2. The van der Waals surface area contributed by atoms with E-state index in [1.165, 1.54) is 18.5 Å². The average molecular weight is 387 g/mol. The van der Waals surface area contributed by atoms with Gasteiger partial charge in [0.05, 0.1) is 23.0 Å². The maximum atomic E-state index is 14.5. The lowest BCUT2D eigenvalue weighted by Gasteiger charge is -2.30. The van der Waals surface area contributed by atoms with E-state index >= 15 is 0 Å². The number of hydrogen-bond donors (Lipinski definition) is 5. The van der Waals surface area contributed by atoms with Crippen LogP contribution in [0.5, 0.6) is 0 Å². The number of carbonyl (C=O) groups excluding carboxylic acids is 2. The van der Waals surface area contributed by atoms with Crippen LogP contribution in [0.1, 0.15) is 46.4 Å². The van der Waals surface area contributed by atoms with E-state index in [4.69, 9.17) is 17.2 Å². The molecule has 9 nitrogen and oxygen atoms in total. The molecule has 1 saturated carbocycles. The summed E-state index contributed by atoms with van der Waals surface area (Å²) < 4.78 is 14.5. The highest BCUT2D eigenvalue weighted by Crippen LogP contribution is 2.26. The minimum Gasteiger partial charge on any atom is -0.366 e. The summed E-state index contributed by atoms with van der Waals surface area (Å²) in [5, 5.41) is 5.87. The quantitative estimate of drug-likeness (QED) is 0.498. The molecule has 0 aromatic carbocycles. The van der Waals surface area contributed by atoms with E-state index in [0.717, 1.165) is 31.7 Å². The lowest BCUT2D eigenvalue weighted by Crippen LogP contribution is -2.43. The SMILES string of the molecule is NC(=O)c1cncc(Nc2nc(NC3CCCC[C@@H]3N)c(F)cc2C(N)=O)c1. The second-order valence-corrected chi connectivity index (χ2v) is 6.73. The van der Waals surface area contributed by atoms with Gasteiger partial charge in [-0.1, -0.05) is 12.8 Å². The van der Waals surface area contributed by atoms with Crippen molar-refractivity contribution in [3.05, 3.63) is 41.5 Å². The van der Waals surface area contributed by atoms with E-state index in [1.54, 1.807) is 0 Å². The van der Waals surface area contributed by atoms with Gasteiger partial charge in [0.25, 0.3) is 5.91 Å². The Morgan fingerprint density at radius 1 is 1.07 bits per heavy atom. The predicted octanol–water partition coefficient (Wildman–Crippen LogP) is 1.24. The summed E-state index contributed by atoms with van der Waals surface area (Å²) in [4.78, 5) is 31.2. The van der Waals surface area contributed by atoms with E-state index < -0.39 is 17.6 Å². The Bertz CT molecular complexity index is 905. The molecule has 0 spiro atoms. The van der Waals surface area contributed by atoms with Gasteiger partial charge < -0.3 is 27.8 Å². The second-order valence-electron chi connectivity index (χ2n) is 6.73. The molecule has 1 fully saturated rings. The van der Waals surface area contributed by atoms with Crippen LogP contribution < -0.4 is 27.8 Å². The van der Waals surface area contributed by atoms with Crippen molar-refractivity contribution in [2.24, 2.45) is 17.2 Å². The van der Waals surface area contributed by atoms with E-state index in [9.17, 15) is 14.0 Å². The van der Waals surface area contributed by atoms with Gasteiger partial charge in [-0.2, -0.15) is 0 Å². The molecule has 2 aromatic heterocycles. The van der Waals surface area contributed by atoms with Crippen molar-refractivity contribution < 1.29 is 14.0 Å². The molecule has 0 radical (unpaired) electrons. The van der Waals surface area contributed by atoms with Gasteiger partial charge >= 0.3 is 0 Å². The first-order valence-electron chi connectivity index (χ1n) is 8.89. The summed E-state index contributed by atoms with van der Waals surface area (Å²) in [5.74, 6) is -2.22. The molecule has 28 heavy (non-hydrogen) atoms. The largest absolute Gasteiger partial charge is 0.366 e. The van der Waals surface area contributed by atoms with E-state index in [-0.39, 0.29) is 34.8 Å². The number of aromatic nitrogens is 2. The molecule has 0 aliphatic heterocycles. The number of halogens is 1. The predicted molar refractivity (Wildman–Crippen MR) is 103 cm³/mol. The van der Waals surface area contributed by atoms with Gasteiger partial charge in [0.15, 0.2) is 11.6 Å². The second kappa shape index (κ2) is 8.17. The Kier molecular flexibility index (Phi) is 5.69. The van der Waals surface area contributed by atoms with Gasteiger partial charge in [0.2, 0.25) is 5.91 Å². The molecule has 10 heteroatoms. The van der Waals surface area contributed by atoms with Gasteiger partial charge in [0.1, 0.15) is 5.82 Å². The number of hydrogen-bond acceptors (Lipinski definition) is 7. The zero-order valence-electron chi connectivity index (χ0n) is 15.1. The number of carbonyl (C=O) groups is 2. The van der Waals surface area contributed by atoms with Crippen LogP contribution in [-0.2, 0) is 0 Å². The Morgan fingerprint density at radius 3 is 2.50 bits per heavy atom. The third-order valence-corrected chi connectivity index (χ3v) is 4.67. The number of rotatable bonds is 6. The topological polar surface area (TPSA) is 162 Å². The Balaban J connectivity index is 1.93. The highest BCUT2D eigenvalue weighted by molar-refractivity contribution is 5.99. The maximum Gasteiger partial charge on any atom is 0.252 e. The van der Waals surface area contributed by atoms with Gasteiger partial charge in [-0.15, -0.1) is 0 Å². The van der Waals surface area contributed by atoms with Crippen molar-refractivity contribution in [3.8, 4) is 0 Å². The van der Waals surface area contributed by atoms with Crippen LogP contribution >= 0.6 is 0 Å². The van der Waals surface area contributed by atoms with E-state index in [1.807, 2.05) is 0 Å². The van der Waals surface area contributed by atoms with Crippen molar-refractivity contribution in [1.29, 1.82) is 0 Å². The number of nitrogens with two attached hydrogens (primary N) is 3. The summed E-state index contributed by atoms with van der Waals surface area (Å²) in [6.07, 6.45) is 6.38. The Hall–Kier alpha value is -3.27. The summed E-state index contributed by atoms with van der Waals surface area (Å²) in [6.45, 7) is 0. The summed E-state index contributed by atoms with van der Waals surface area (Å²) in [7, 11) is 0. The molecular weight excluding hydrogens is 365 g/mol. The standard InChI is InChI=1S/C18H22FN7O2/c19-12-6-11(16(22)28)17(24-10-5-9(15(21)27)7-23-8-10)26-18(12)25-14-4-2-1-3-13(14)20/h5-8,13-14H,1-4,20H2,(H2,21,27)(H2,22,28)(H2,24,25,26)/t13-,14?/m0/s1. The minimum atomic E-state index is -0.853. The lowest BCUT2D eigenvalue weighted by atomic mass is 9.91. The van der Waals surface area contributed by atoms with Crippen LogP contribution in [0.2, 0.25) is 0 Å². The van der Waals surface area contributed by atoms with Gasteiger partial charge in [0, 0.05) is 18.3 Å². The fraction of sp³-hybridized carbons (Fsp3) is 0.333. The Labute approximate surface area is 160 Å². The fourth-order valence-corrected chi connectivity index (χ4v) is 3.17. The molecular formula is C18H22FN7O2. The van der Waals surface area contributed by atoms with Crippen LogP contribution in [0.4, 0.5) is 21.7 Å². The molecule has 8 N–H and O–H groups in total. The molecule has 0 bridgehead atoms. The summed E-state index contributed by atoms with van der Waals surface area (Å²) in [5.41, 5.74) is 17.1. The summed E-state index contributed by atoms with van der Waals surface area (Å²) in [6, 6.07) is 2.22. The lowest BCUT2D eigenvalue weighted by molar-refractivity contribution is 0.0991. The zero-order valence-corrected chi connectivity index (χ0v) is 15.1. The van der Waals surface area contributed by atoms with Gasteiger partial charge in [-0.3, -0.25) is 14.6 Å². The van der Waals surface area contributed by atoms with Crippen molar-refractivity contribution in [2.75, 3.05) is 10.6 Å². The maximum absolute atomic E-state index is 14.5. The normalized spacial score (nSPS) is 19.1. The fourth-order valence-electron chi connectivity index (χ4n) is 3.17. The zero-order chi connectivity index (χ0) is 20.3. The van der Waals surface area contributed by atoms with Crippen molar-refractivity contribution in [3.63, 3.8) is 0 Å². The molecule has 3 rings (SSSR count). The van der Waals surface area contributed by atoms with Gasteiger partial charge in [-0.05, 0) is 25.0 Å². The third kappa shape index (κ3) is 4.34. The van der Waals surface area contributed by atoms with Gasteiger partial charge in [-0.25, -0.2) is 9.37 Å². The first-order valence-corrected chi connectivity index (χ1v) is 8.89. The number of nitrogens with zero attached hydrogens (tertiary/aromatic N) is 2. The van der Waals surface area contributed by atoms with Crippen molar-refractivity contribution in [1.82, 2.24) is 9.97 Å². The van der Waals surface area contributed by atoms with Crippen LogP contribution in [0.3, 0.4) is 0 Å². The number of nitrogens with one attached hydrogen (secondary N) is 2. The van der Waals surface area contributed by atoms with E-state index in [2.05, 4.69) is 20.6 Å².